The monoisotopic (exact) mass is 482 g/mol. The average molecular weight is 483 g/mol. The van der Waals surface area contributed by atoms with Crippen LogP contribution in [0, 0.1) is 12.7 Å². The van der Waals surface area contributed by atoms with Crippen molar-refractivity contribution in [2.45, 2.75) is 39.8 Å². The molecule has 0 aliphatic carbocycles. The van der Waals surface area contributed by atoms with E-state index in [1.807, 2.05) is 45.2 Å². The van der Waals surface area contributed by atoms with Gasteiger partial charge in [0.15, 0.2) is 0 Å². The van der Waals surface area contributed by atoms with Gasteiger partial charge in [0, 0.05) is 61.4 Å². The number of halogens is 1. The summed E-state index contributed by atoms with van der Waals surface area (Å²) < 4.78 is 43.5. The predicted molar refractivity (Wildman–Crippen MR) is 135 cm³/mol. The molecule has 1 aromatic heterocycles. The fourth-order valence-electron chi connectivity index (χ4n) is 5.02. The topological polar surface area (TPSA) is 59.7 Å². The van der Waals surface area contributed by atoms with Crippen LogP contribution in [-0.2, 0) is 16.8 Å². The van der Waals surface area contributed by atoms with Crippen molar-refractivity contribution in [3.8, 4) is 0 Å². The molecule has 0 atom stereocenters. The van der Waals surface area contributed by atoms with E-state index in [9.17, 15) is 12.8 Å². The summed E-state index contributed by atoms with van der Waals surface area (Å²) in [6, 6.07) is 10.7. The van der Waals surface area contributed by atoms with Crippen LogP contribution in [0.2, 0.25) is 0 Å². The first-order chi connectivity index (χ1) is 16.2. The Balaban J connectivity index is 1.32. The lowest BCUT2D eigenvalue weighted by atomic mass is 9.99. The van der Waals surface area contributed by atoms with Crippen molar-refractivity contribution >= 4 is 32.4 Å². The fourth-order valence-corrected chi connectivity index (χ4v) is 6.85. The minimum atomic E-state index is -3.57. The van der Waals surface area contributed by atoms with Gasteiger partial charge in [-0.3, -0.25) is 9.21 Å². The average Bonchev–Trinajstić information content (AvgIpc) is 3.21. The first-order valence-corrected chi connectivity index (χ1v) is 13.2. The molecule has 34 heavy (non-hydrogen) atoms. The molecule has 0 bridgehead atoms. The third kappa shape index (κ3) is 4.15. The molecule has 0 saturated carbocycles. The van der Waals surface area contributed by atoms with E-state index in [0.29, 0.717) is 19.6 Å². The summed E-state index contributed by atoms with van der Waals surface area (Å²) in [5.74, 6) is -0.245. The van der Waals surface area contributed by atoms with Gasteiger partial charge >= 0.3 is 10.2 Å². The number of aromatic amines is 1. The molecule has 6 nitrogen and oxygen atoms in total. The number of benzene rings is 2. The predicted octanol–water partition coefficient (Wildman–Crippen LogP) is 4.68. The minimum absolute atomic E-state index is 0.105. The summed E-state index contributed by atoms with van der Waals surface area (Å²) in [5.41, 5.74) is 6.14. The molecule has 0 fully saturated rings. The first kappa shape index (κ1) is 23.1. The third-order valence-electron chi connectivity index (χ3n) is 6.88. The Morgan fingerprint density at radius 1 is 1.12 bits per heavy atom. The summed E-state index contributed by atoms with van der Waals surface area (Å²) in [6.45, 7) is 8.97. The van der Waals surface area contributed by atoms with Crippen LogP contribution < -0.4 is 4.31 Å². The molecule has 5 rings (SSSR count). The Morgan fingerprint density at radius 3 is 2.68 bits per heavy atom. The number of H-pyrrole nitrogens is 1. The van der Waals surface area contributed by atoms with Crippen molar-refractivity contribution < 1.29 is 12.8 Å². The minimum Gasteiger partial charge on any atom is -0.360 e. The standard InChI is InChI=1S/C26H31FN4O2S/c1-18(2)31-17-21-14-19(3)4-7-26(21)30(34(31,32)33)13-12-29-10-8-20(9-11-29)24-16-28-25-15-22(27)5-6-23(24)25/h4-8,14-16,18,28H,9-13,17H2,1-3H3. The van der Waals surface area contributed by atoms with Gasteiger partial charge in [-0.1, -0.05) is 23.8 Å². The zero-order valence-electron chi connectivity index (χ0n) is 19.9. The lowest BCUT2D eigenvalue weighted by Gasteiger charge is -2.40. The molecule has 2 aromatic carbocycles. The van der Waals surface area contributed by atoms with Crippen LogP contribution in [0.15, 0.2) is 48.7 Å². The lowest BCUT2D eigenvalue weighted by molar-refractivity contribution is 0.305. The second-order valence-electron chi connectivity index (χ2n) is 9.52. The molecule has 2 aliphatic rings. The number of nitrogens with zero attached hydrogens (tertiary/aromatic N) is 3. The summed E-state index contributed by atoms with van der Waals surface area (Å²) in [6.07, 6.45) is 5.02. The summed E-state index contributed by atoms with van der Waals surface area (Å²) in [7, 11) is -3.57. The van der Waals surface area contributed by atoms with Gasteiger partial charge in [-0.15, -0.1) is 0 Å². The molecule has 0 unspecified atom stereocenters. The molecular formula is C26H31FN4O2S. The van der Waals surface area contributed by atoms with E-state index in [4.69, 9.17) is 0 Å². The van der Waals surface area contributed by atoms with Crippen LogP contribution in [0.5, 0.6) is 0 Å². The SMILES string of the molecule is Cc1ccc2c(c1)CN(C(C)C)S(=O)(=O)N2CCN1CC=C(c2c[nH]c3cc(F)ccc23)CC1. The maximum Gasteiger partial charge on any atom is 0.304 e. The molecule has 0 amide bonds. The highest BCUT2D eigenvalue weighted by atomic mass is 32.2. The van der Waals surface area contributed by atoms with Gasteiger partial charge in [0.2, 0.25) is 0 Å². The molecule has 0 radical (unpaired) electrons. The van der Waals surface area contributed by atoms with E-state index >= 15 is 0 Å². The highest BCUT2D eigenvalue weighted by Crippen LogP contribution is 2.34. The number of hydrogen-bond acceptors (Lipinski definition) is 3. The Morgan fingerprint density at radius 2 is 1.94 bits per heavy atom. The van der Waals surface area contributed by atoms with Gasteiger partial charge in [0.1, 0.15) is 5.82 Å². The normalized spacial score (nSPS) is 19.0. The van der Waals surface area contributed by atoms with Crippen molar-refractivity contribution in [3.05, 3.63) is 71.2 Å². The molecular weight excluding hydrogens is 451 g/mol. The number of fused-ring (bicyclic) bond motifs is 2. The molecule has 0 spiro atoms. The van der Waals surface area contributed by atoms with Gasteiger partial charge in [-0.25, -0.2) is 4.39 Å². The van der Waals surface area contributed by atoms with Crippen LogP contribution in [0.25, 0.3) is 16.5 Å². The second-order valence-corrected chi connectivity index (χ2v) is 11.3. The van der Waals surface area contributed by atoms with E-state index < -0.39 is 10.2 Å². The summed E-state index contributed by atoms with van der Waals surface area (Å²) >= 11 is 0. The molecule has 180 valence electrons. The molecule has 0 saturated heterocycles. The van der Waals surface area contributed by atoms with Gasteiger partial charge < -0.3 is 4.98 Å². The van der Waals surface area contributed by atoms with E-state index in [1.54, 1.807) is 8.61 Å². The fraction of sp³-hybridized carbons (Fsp3) is 0.385. The Kier molecular flexibility index (Phi) is 6.00. The number of anilines is 1. The molecule has 3 aromatic rings. The van der Waals surface area contributed by atoms with E-state index in [-0.39, 0.29) is 11.9 Å². The Labute approximate surface area is 200 Å². The van der Waals surface area contributed by atoms with Gasteiger partial charge in [0.25, 0.3) is 0 Å². The van der Waals surface area contributed by atoms with Crippen molar-refractivity contribution in [2.24, 2.45) is 0 Å². The quantitative estimate of drug-likeness (QED) is 0.575. The number of hydrogen-bond donors (Lipinski definition) is 1. The summed E-state index contributed by atoms with van der Waals surface area (Å²) in [5, 5.41) is 1.03. The summed E-state index contributed by atoms with van der Waals surface area (Å²) in [4.78, 5) is 5.46. The lowest BCUT2D eigenvalue weighted by Crippen LogP contribution is -2.52. The van der Waals surface area contributed by atoms with Crippen molar-refractivity contribution in [1.82, 2.24) is 14.2 Å². The van der Waals surface area contributed by atoms with Crippen molar-refractivity contribution in [2.75, 3.05) is 30.5 Å². The zero-order chi connectivity index (χ0) is 24.0. The number of aryl methyl sites for hydroxylation is 1. The molecule has 1 N–H and O–H groups in total. The van der Waals surface area contributed by atoms with Gasteiger partial charge in [-0.2, -0.15) is 12.7 Å². The van der Waals surface area contributed by atoms with Gasteiger partial charge in [-0.05, 0) is 62.6 Å². The van der Waals surface area contributed by atoms with E-state index in [1.165, 1.54) is 17.7 Å². The van der Waals surface area contributed by atoms with Crippen LogP contribution in [0.3, 0.4) is 0 Å². The van der Waals surface area contributed by atoms with E-state index in [0.717, 1.165) is 52.8 Å². The largest absolute Gasteiger partial charge is 0.360 e. The number of nitrogens with one attached hydrogen (secondary N) is 1. The molecule has 2 aliphatic heterocycles. The van der Waals surface area contributed by atoms with Crippen LogP contribution in [-0.4, -0.2) is 54.8 Å². The van der Waals surface area contributed by atoms with Crippen LogP contribution in [0.4, 0.5) is 10.1 Å². The third-order valence-corrected chi connectivity index (χ3v) is 8.96. The highest BCUT2D eigenvalue weighted by molar-refractivity contribution is 7.90. The number of aromatic nitrogens is 1. The molecule has 8 heteroatoms. The maximum absolute atomic E-state index is 13.5. The highest BCUT2D eigenvalue weighted by Gasteiger charge is 2.38. The van der Waals surface area contributed by atoms with Crippen LogP contribution in [0.1, 0.15) is 37.0 Å². The maximum atomic E-state index is 13.5. The Hall–Kier alpha value is -2.68. The first-order valence-electron chi connectivity index (χ1n) is 11.8. The smallest absolute Gasteiger partial charge is 0.304 e. The van der Waals surface area contributed by atoms with Crippen LogP contribution >= 0.6 is 0 Å². The molecule has 3 heterocycles. The number of rotatable bonds is 5. The van der Waals surface area contributed by atoms with E-state index in [2.05, 4.69) is 22.0 Å². The zero-order valence-corrected chi connectivity index (χ0v) is 20.7. The van der Waals surface area contributed by atoms with Crippen molar-refractivity contribution in [3.63, 3.8) is 0 Å². The van der Waals surface area contributed by atoms with Gasteiger partial charge in [0.05, 0.1) is 5.69 Å². The Bertz CT molecular complexity index is 1360. The second kappa shape index (κ2) is 8.83. The van der Waals surface area contributed by atoms with Crippen molar-refractivity contribution in [1.29, 1.82) is 0 Å².